The Kier molecular flexibility index (Phi) is 5.49. The fourth-order valence-corrected chi connectivity index (χ4v) is 5.42. The first kappa shape index (κ1) is 19.0. The summed E-state index contributed by atoms with van der Waals surface area (Å²) in [7, 11) is 0. The van der Waals surface area contributed by atoms with Gasteiger partial charge in [0.25, 0.3) is 0 Å². The fraction of sp³-hybridized carbons (Fsp3) is 0.625. The normalized spacial score (nSPS) is 20.9. The molecule has 1 saturated heterocycles. The lowest BCUT2D eigenvalue weighted by Crippen LogP contribution is -2.40. The summed E-state index contributed by atoms with van der Waals surface area (Å²) in [6.45, 7) is 5.71. The monoisotopic (exact) mass is 395 g/mol. The summed E-state index contributed by atoms with van der Waals surface area (Å²) in [5.41, 5.74) is 3.68. The molecule has 156 valence electrons. The molecule has 1 aliphatic carbocycles. The van der Waals surface area contributed by atoms with Crippen LogP contribution in [0, 0.1) is 5.92 Å². The van der Waals surface area contributed by atoms with Crippen LogP contribution in [-0.4, -0.2) is 53.5 Å². The van der Waals surface area contributed by atoms with Crippen LogP contribution in [0.3, 0.4) is 0 Å². The second-order valence-electron chi connectivity index (χ2n) is 9.00. The number of hydrogen-bond acceptors (Lipinski definition) is 3. The predicted octanol–water partition coefficient (Wildman–Crippen LogP) is 4.11. The number of ether oxygens (including phenoxy) is 1. The molecule has 0 unspecified atom stereocenters. The highest BCUT2D eigenvalue weighted by Crippen LogP contribution is 2.34. The van der Waals surface area contributed by atoms with E-state index in [1.165, 1.54) is 61.8 Å². The van der Waals surface area contributed by atoms with Crippen molar-refractivity contribution in [2.45, 2.75) is 57.9 Å². The van der Waals surface area contributed by atoms with Crippen molar-refractivity contribution in [2.24, 2.45) is 5.92 Å². The molecule has 0 bridgehead atoms. The van der Waals surface area contributed by atoms with Gasteiger partial charge in [0.05, 0.1) is 5.52 Å². The van der Waals surface area contributed by atoms with Gasteiger partial charge in [-0.05, 0) is 44.8 Å². The molecule has 3 heterocycles. The van der Waals surface area contributed by atoms with Crippen LogP contribution in [-0.2, 0) is 17.8 Å². The smallest absolute Gasteiger partial charge is 0.225 e. The van der Waals surface area contributed by atoms with Gasteiger partial charge in [0, 0.05) is 48.6 Å². The quantitative estimate of drug-likeness (QED) is 0.829. The zero-order valence-electron chi connectivity index (χ0n) is 17.4. The van der Waals surface area contributed by atoms with Crippen molar-refractivity contribution in [3.63, 3.8) is 0 Å². The molecule has 1 aromatic heterocycles. The van der Waals surface area contributed by atoms with Crippen LogP contribution in [0.2, 0.25) is 0 Å². The van der Waals surface area contributed by atoms with Crippen LogP contribution in [0.4, 0.5) is 0 Å². The molecule has 5 rings (SSSR count). The standard InChI is InChI=1S/C24H33N3O2/c28-24(18-7-2-1-3-8-18)27-14-11-21-20(17-27)19-9-6-10-22(23(19)25-21)29-16-15-26-12-4-5-13-26/h6,9-10,18,25H,1-5,7-8,11-17H2. The first-order chi connectivity index (χ1) is 14.3. The number of nitrogens with one attached hydrogen (secondary N) is 1. The molecule has 2 aliphatic heterocycles. The maximum absolute atomic E-state index is 13.0. The van der Waals surface area contributed by atoms with Crippen LogP contribution >= 0.6 is 0 Å². The van der Waals surface area contributed by atoms with Gasteiger partial charge in [0.1, 0.15) is 12.4 Å². The van der Waals surface area contributed by atoms with E-state index in [9.17, 15) is 4.79 Å². The molecular weight excluding hydrogens is 362 g/mol. The molecule has 0 radical (unpaired) electrons. The molecule has 5 nitrogen and oxygen atoms in total. The van der Waals surface area contributed by atoms with Crippen molar-refractivity contribution >= 4 is 16.8 Å². The Labute approximate surface area is 173 Å². The molecular formula is C24H33N3O2. The number of fused-ring (bicyclic) bond motifs is 3. The Balaban J connectivity index is 1.30. The van der Waals surface area contributed by atoms with Gasteiger partial charge in [0.15, 0.2) is 0 Å². The van der Waals surface area contributed by atoms with Gasteiger partial charge >= 0.3 is 0 Å². The zero-order valence-corrected chi connectivity index (χ0v) is 17.4. The molecule has 0 atom stereocenters. The topological polar surface area (TPSA) is 48.6 Å². The average molecular weight is 396 g/mol. The summed E-state index contributed by atoms with van der Waals surface area (Å²) in [5.74, 6) is 1.57. The Morgan fingerprint density at radius 3 is 2.72 bits per heavy atom. The van der Waals surface area contributed by atoms with Crippen LogP contribution < -0.4 is 4.74 Å². The number of carbonyl (C=O) groups is 1. The molecule has 1 N–H and O–H groups in total. The molecule has 1 amide bonds. The third kappa shape index (κ3) is 3.89. The van der Waals surface area contributed by atoms with Crippen LogP contribution in [0.15, 0.2) is 18.2 Å². The number of carbonyl (C=O) groups excluding carboxylic acids is 1. The Hall–Kier alpha value is -2.01. The number of H-pyrrole nitrogens is 1. The molecule has 1 saturated carbocycles. The lowest BCUT2D eigenvalue weighted by atomic mass is 9.87. The number of nitrogens with zero attached hydrogens (tertiary/aromatic N) is 2. The van der Waals surface area contributed by atoms with Gasteiger partial charge in [-0.1, -0.05) is 31.4 Å². The summed E-state index contributed by atoms with van der Waals surface area (Å²) < 4.78 is 6.17. The van der Waals surface area contributed by atoms with Crippen LogP contribution in [0.5, 0.6) is 5.75 Å². The van der Waals surface area contributed by atoms with Gasteiger partial charge in [-0.2, -0.15) is 0 Å². The Morgan fingerprint density at radius 1 is 1.07 bits per heavy atom. The van der Waals surface area contributed by atoms with Gasteiger partial charge in [0.2, 0.25) is 5.91 Å². The second kappa shape index (κ2) is 8.39. The Morgan fingerprint density at radius 2 is 1.90 bits per heavy atom. The van der Waals surface area contributed by atoms with E-state index in [0.717, 1.165) is 56.8 Å². The lowest BCUT2D eigenvalue weighted by Gasteiger charge is -2.32. The largest absolute Gasteiger partial charge is 0.490 e. The number of likely N-dealkylation sites (tertiary alicyclic amines) is 1. The molecule has 1 aromatic carbocycles. The fourth-order valence-electron chi connectivity index (χ4n) is 5.42. The predicted molar refractivity (Wildman–Crippen MR) is 115 cm³/mol. The highest BCUT2D eigenvalue weighted by atomic mass is 16.5. The summed E-state index contributed by atoms with van der Waals surface area (Å²) in [6.07, 6.45) is 9.40. The van der Waals surface area contributed by atoms with E-state index in [4.69, 9.17) is 4.74 Å². The minimum absolute atomic E-state index is 0.250. The molecule has 29 heavy (non-hydrogen) atoms. The molecule has 0 spiro atoms. The lowest BCUT2D eigenvalue weighted by molar-refractivity contribution is -0.137. The van der Waals surface area contributed by atoms with E-state index in [0.29, 0.717) is 5.91 Å². The number of aromatic amines is 1. The van der Waals surface area contributed by atoms with Gasteiger partial charge in [-0.25, -0.2) is 0 Å². The molecule has 2 fully saturated rings. The molecule has 2 aromatic rings. The molecule has 5 heteroatoms. The first-order valence-electron chi connectivity index (χ1n) is 11.6. The minimum Gasteiger partial charge on any atom is -0.490 e. The maximum Gasteiger partial charge on any atom is 0.225 e. The number of rotatable bonds is 5. The summed E-state index contributed by atoms with van der Waals surface area (Å²) in [4.78, 5) is 21.3. The van der Waals surface area contributed by atoms with Crippen molar-refractivity contribution in [1.82, 2.24) is 14.8 Å². The van der Waals surface area contributed by atoms with Crippen LogP contribution in [0.25, 0.3) is 10.9 Å². The van der Waals surface area contributed by atoms with Crippen molar-refractivity contribution < 1.29 is 9.53 Å². The third-order valence-corrected chi connectivity index (χ3v) is 7.10. The van der Waals surface area contributed by atoms with Crippen molar-refractivity contribution in [2.75, 3.05) is 32.8 Å². The van der Waals surface area contributed by atoms with Crippen molar-refractivity contribution in [1.29, 1.82) is 0 Å². The zero-order chi connectivity index (χ0) is 19.6. The molecule has 3 aliphatic rings. The van der Waals surface area contributed by atoms with E-state index in [1.54, 1.807) is 0 Å². The number of amides is 1. The van der Waals surface area contributed by atoms with E-state index in [2.05, 4.69) is 33.0 Å². The van der Waals surface area contributed by atoms with E-state index in [-0.39, 0.29) is 5.92 Å². The summed E-state index contributed by atoms with van der Waals surface area (Å²) in [6, 6.07) is 6.33. The average Bonchev–Trinajstić information content (AvgIpc) is 3.41. The van der Waals surface area contributed by atoms with Crippen molar-refractivity contribution in [3.8, 4) is 5.75 Å². The number of aromatic nitrogens is 1. The van der Waals surface area contributed by atoms with Gasteiger partial charge < -0.3 is 14.6 Å². The maximum atomic E-state index is 13.0. The van der Waals surface area contributed by atoms with E-state index < -0.39 is 0 Å². The Bertz CT molecular complexity index is 862. The van der Waals surface area contributed by atoms with Gasteiger partial charge in [-0.15, -0.1) is 0 Å². The van der Waals surface area contributed by atoms with Gasteiger partial charge in [-0.3, -0.25) is 9.69 Å². The second-order valence-corrected chi connectivity index (χ2v) is 9.00. The van der Waals surface area contributed by atoms with E-state index in [1.807, 2.05) is 0 Å². The number of benzene rings is 1. The third-order valence-electron chi connectivity index (χ3n) is 7.10. The minimum atomic E-state index is 0.250. The summed E-state index contributed by atoms with van der Waals surface area (Å²) in [5, 5.41) is 1.22. The highest BCUT2D eigenvalue weighted by molar-refractivity contribution is 5.90. The first-order valence-corrected chi connectivity index (χ1v) is 11.6. The highest BCUT2D eigenvalue weighted by Gasteiger charge is 2.30. The number of hydrogen-bond donors (Lipinski definition) is 1. The van der Waals surface area contributed by atoms with E-state index >= 15 is 0 Å². The van der Waals surface area contributed by atoms with Crippen molar-refractivity contribution in [3.05, 3.63) is 29.5 Å². The van der Waals surface area contributed by atoms with Crippen LogP contribution in [0.1, 0.15) is 56.2 Å². The SMILES string of the molecule is O=C(C1CCCCC1)N1CCc2[nH]c3c(OCCN4CCCC4)cccc3c2C1. The number of para-hydroxylation sites is 1. The summed E-state index contributed by atoms with van der Waals surface area (Å²) >= 11 is 0.